The Morgan fingerprint density at radius 1 is 0.727 bits per heavy atom. The Hall–Kier alpha value is -4.23. The van der Waals surface area contributed by atoms with Gasteiger partial charge in [0.1, 0.15) is 0 Å². The molecule has 44 heavy (non-hydrogen) atoms. The molecule has 0 bridgehead atoms. The van der Waals surface area contributed by atoms with Crippen LogP contribution in [0.25, 0.3) is 0 Å². The SMILES string of the molecule is O=C(O)C(F)(F)F.O=C(O)C(F)(F)F.O=C(O)C(F)(F)F.c1cnc(N2CCC3(CCN(Cc4cccnc4)C3)CC2)nc1. The lowest BCUT2D eigenvalue weighted by atomic mass is 9.78. The summed E-state index contributed by atoms with van der Waals surface area (Å²) in [5, 5.41) is 21.4. The van der Waals surface area contributed by atoms with E-state index in [-0.39, 0.29) is 0 Å². The molecule has 11 nitrogen and oxygen atoms in total. The molecule has 0 atom stereocenters. The Morgan fingerprint density at radius 3 is 1.55 bits per heavy atom. The van der Waals surface area contributed by atoms with Gasteiger partial charge in [-0.25, -0.2) is 24.4 Å². The molecule has 0 saturated carbocycles. The van der Waals surface area contributed by atoms with Crippen molar-refractivity contribution >= 4 is 23.9 Å². The van der Waals surface area contributed by atoms with Crippen LogP contribution in [-0.2, 0) is 20.9 Å². The zero-order valence-electron chi connectivity index (χ0n) is 22.4. The van der Waals surface area contributed by atoms with Crippen LogP contribution in [0.1, 0.15) is 24.8 Å². The van der Waals surface area contributed by atoms with Crippen LogP contribution in [0.4, 0.5) is 45.5 Å². The highest BCUT2D eigenvalue weighted by Crippen LogP contribution is 2.41. The van der Waals surface area contributed by atoms with E-state index in [1.165, 1.54) is 37.9 Å². The topological polar surface area (TPSA) is 157 Å². The van der Waals surface area contributed by atoms with Gasteiger partial charge in [0.2, 0.25) is 5.95 Å². The first kappa shape index (κ1) is 37.8. The minimum atomic E-state index is -5.08. The Labute approximate surface area is 243 Å². The monoisotopic (exact) mass is 651 g/mol. The highest BCUT2D eigenvalue weighted by molar-refractivity contribution is 5.73. The van der Waals surface area contributed by atoms with Crippen LogP contribution in [0.5, 0.6) is 0 Å². The van der Waals surface area contributed by atoms with Crippen LogP contribution in [0.15, 0.2) is 43.0 Å². The van der Waals surface area contributed by atoms with Crippen molar-refractivity contribution < 1.29 is 69.2 Å². The molecule has 4 heterocycles. The summed E-state index contributed by atoms with van der Waals surface area (Å²) in [4.78, 5) is 44.6. The van der Waals surface area contributed by atoms with Crippen LogP contribution < -0.4 is 4.90 Å². The molecule has 0 unspecified atom stereocenters. The minimum absolute atomic E-state index is 0.494. The lowest BCUT2D eigenvalue weighted by molar-refractivity contribution is -0.193. The van der Waals surface area contributed by atoms with E-state index in [0.29, 0.717) is 5.41 Å². The summed E-state index contributed by atoms with van der Waals surface area (Å²) in [6.07, 6.45) is -3.95. The van der Waals surface area contributed by atoms with E-state index < -0.39 is 36.4 Å². The molecule has 2 aromatic rings. The smallest absolute Gasteiger partial charge is 0.475 e. The fourth-order valence-electron chi connectivity index (χ4n) is 3.96. The number of anilines is 1. The maximum absolute atomic E-state index is 10.6. The summed E-state index contributed by atoms with van der Waals surface area (Å²) in [5.41, 5.74) is 1.81. The zero-order valence-corrected chi connectivity index (χ0v) is 22.4. The zero-order chi connectivity index (χ0) is 33.8. The molecular weight excluding hydrogens is 625 g/mol. The van der Waals surface area contributed by atoms with E-state index in [1.54, 1.807) is 0 Å². The van der Waals surface area contributed by atoms with Crippen LogP contribution in [0, 0.1) is 5.41 Å². The van der Waals surface area contributed by atoms with E-state index in [2.05, 4.69) is 30.8 Å². The summed E-state index contributed by atoms with van der Waals surface area (Å²) < 4.78 is 95.2. The first-order valence-electron chi connectivity index (χ1n) is 12.2. The molecule has 1 spiro atoms. The number of aliphatic carboxylic acids is 3. The average molecular weight is 651 g/mol. The van der Waals surface area contributed by atoms with E-state index in [4.69, 9.17) is 29.7 Å². The normalized spacial score (nSPS) is 16.3. The van der Waals surface area contributed by atoms with Gasteiger partial charge in [-0.1, -0.05) is 6.07 Å². The second-order valence-corrected chi connectivity index (χ2v) is 9.27. The predicted octanol–water partition coefficient (Wildman–Crippen LogP) is 4.26. The second kappa shape index (κ2) is 16.0. The van der Waals surface area contributed by atoms with Gasteiger partial charge >= 0.3 is 36.4 Å². The van der Waals surface area contributed by atoms with E-state index in [0.717, 1.165) is 25.6 Å². The number of nitrogens with zero attached hydrogens (tertiary/aromatic N) is 5. The molecule has 0 amide bonds. The maximum Gasteiger partial charge on any atom is 0.490 e. The largest absolute Gasteiger partial charge is 0.490 e. The number of aromatic nitrogens is 3. The number of pyridine rings is 1. The van der Waals surface area contributed by atoms with Crippen molar-refractivity contribution in [1.29, 1.82) is 0 Å². The number of rotatable bonds is 3. The number of likely N-dealkylation sites (tertiary alicyclic amines) is 1. The van der Waals surface area contributed by atoms with E-state index in [1.807, 2.05) is 36.9 Å². The number of hydrogen-bond acceptors (Lipinski definition) is 8. The van der Waals surface area contributed by atoms with Crippen LogP contribution in [-0.4, -0.2) is 97.8 Å². The summed E-state index contributed by atoms with van der Waals surface area (Å²) in [6.45, 7) is 5.60. The van der Waals surface area contributed by atoms with Gasteiger partial charge in [-0.15, -0.1) is 0 Å². The first-order chi connectivity index (χ1) is 20.2. The molecule has 246 valence electrons. The molecule has 0 aromatic carbocycles. The molecule has 2 saturated heterocycles. The number of carboxylic acid groups (broad SMARTS) is 3. The summed E-state index contributed by atoms with van der Waals surface area (Å²) in [6, 6.07) is 6.08. The van der Waals surface area contributed by atoms with Crippen LogP contribution >= 0.6 is 0 Å². The van der Waals surface area contributed by atoms with Crippen molar-refractivity contribution in [1.82, 2.24) is 19.9 Å². The summed E-state index contributed by atoms with van der Waals surface area (Å²) >= 11 is 0. The van der Waals surface area contributed by atoms with Gasteiger partial charge in [0.15, 0.2) is 0 Å². The van der Waals surface area contributed by atoms with Crippen molar-refractivity contribution in [2.45, 2.75) is 44.3 Å². The summed E-state index contributed by atoms with van der Waals surface area (Å²) in [7, 11) is 0. The molecule has 20 heteroatoms. The van der Waals surface area contributed by atoms with Gasteiger partial charge in [-0.2, -0.15) is 39.5 Å². The number of piperidine rings is 1. The molecule has 0 radical (unpaired) electrons. The standard InChI is InChI=1S/C18H23N5.3C2HF3O2/c1-3-16(13-19-7-1)14-22-10-4-18(15-22)5-11-23(12-6-18)17-20-8-2-9-21-17;3*3-2(4,5)1(6)7/h1-3,7-9,13H,4-6,10-12,14-15H2;3*(H,6,7). The van der Waals surface area contributed by atoms with Gasteiger partial charge in [-0.05, 0) is 48.9 Å². The van der Waals surface area contributed by atoms with Gasteiger partial charge < -0.3 is 20.2 Å². The average Bonchev–Trinajstić information content (AvgIpc) is 3.31. The molecular formula is C24H26F9N5O6. The number of halogens is 9. The number of carboxylic acids is 3. The lowest BCUT2D eigenvalue weighted by Gasteiger charge is -2.39. The molecule has 2 fully saturated rings. The molecule has 3 N–H and O–H groups in total. The fourth-order valence-corrected chi connectivity index (χ4v) is 3.96. The van der Waals surface area contributed by atoms with Gasteiger partial charge in [0, 0.05) is 51.0 Å². The minimum Gasteiger partial charge on any atom is -0.475 e. The van der Waals surface area contributed by atoms with E-state index >= 15 is 0 Å². The molecule has 2 aliphatic rings. The van der Waals surface area contributed by atoms with Gasteiger partial charge in [-0.3, -0.25) is 9.88 Å². The van der Waals surface area contributed by atoms with Gasteiger partial charge in [0.05, 0.1) is 0 Å². The molecule has 2 aromatic heterocycles. The molecule has 4 rings (SSSR count). The second-order valence-electron chi connectivity index (χ2n) is 9.27. The van der Waals surface area contributed by atoms with Gasteiger partial charge in [0.25, 0.3) is 0 Å². The Balaban J connectivity index is 0.000000379. The Kier molecular flexibility index (Phi) is 13.8. The Morgan fingerprint density at radius 2 is 1.16 bits per heavy atom. The third kappa shape index (κ3) is 13.8. The van der Waals surface area contributed by atoms with Crippen molar-refractivity contribution in [3.05, 3.63) is 48.5 Å². The lowest BCUT2D eigenvalue weighted by Crippen LogP contribution is -2.42. The first-order valence-corrected chi connectivity index (χ1v) is 12.2. The van der Waals surface area contributed by atoms with Crippen molar-refractivity contribution in [2.75, 3.05) is 31.1 Å². The third-order valence-electron chi connectivity index (χ3n) is 6.03. The van der Waals surface area contributed by atoms with E-state index in [9.17, 15) is 39.5 Å². The highest BCUT2D eigenvalue weighted by atomic mass is 19.4. The predicted molar refractivity (Wildman–Crippen MR) is 131 cm³/mol. The number of alkyl halides is 9. The summed E-state index contributed by atoms with van der Waals surface area (Å²) in [5.74, 6) is -7.39. The quantitative estimate of drug-likeness (QED) is 0.408. The van der Waals surface area contributed by atoms with Crippen molar-refractivity contribution in [2.24, 2.45) is 5.41 Å². The van der Waals surface area contributed by atoms with Crippen LogP contribution in [0.2, 0.25) is 0 Å². The third-order valence-corrected chi connectivity index (χ3v) is 6.03. The van der Waals surface area contributed by atoms with Crippen molar-refractivity contribution in [3.63, 3.8) is 0 Å². The number of carbonyl (C=O) groups is 3. The fraction of sp³-hybridized carbons (Fsp3) is 0.500. The highest BCUT2D eigenvalue weighted by Gasteiger charge is 2.41. The molecule has 0 aliphatic carbocycles. The maximum atomic E-state index is 10.6. The number of hydrogen-bond donors (Lipinski definition) is 3. The van der Waals surface area contributed by atoms with Crippen LogP contribution in [0.3, 0.4) is 0 Å². The Bertz CT molecular complexity index is 1130. The van der Waals surface area contributed by atoms with Crippen molar-refractivity contribution in [3.8, 4) is 0 Å². The molecule has 2 aliphatic heterocycles.